The molecule has 0 aliphatic carbocycles. The van der Waals surface area contributed by atoms with Crippen LogP contribution in [0, 0.1) is 0 Å². The van der Waals surface area contributed by atoms with Crippen LogP contribution in [-0.2, 0) is 16.0 Å². The Hall–Kier alpha value is -2.90. The molecule has 0 saturated carbocycles. The Morgan fingerprint density at radius 1 is 1.10 bits per heavy atom. The van der Waals surface area contributed by atoms with Gasteiger partial charge in [-0.3, -0.25) is 4.79 Å². The molecule has 0 radical (unpaired) electrons. The number of nitrogens with zero attached hydrogens (tertiary/aromatic N) is 3. The third-order valence-corrected chi connectivity index (χ3v) is 5.23. The number of hydrogen-bond donors (Lipinski definition) is 1. The molecule has 0 spiro atoms. The Kier molecular flexibility index (Phi) is 6.61. The van der Waals surface area contributed by atoms with Crippen LogP contribution in [0.5, 0.6) is 0 Å². The quantitative estimate of drug-likeness (QED) is 0.610. The van der Waals surface area contributed by atoms with Crippen molar-refractivity contribution in [1.29, 1.82) is 0 Å². The monoisotopic (exact) mass is 426 g/mol. The lowest BCUT2D eigenvalue weighted by atomic mass is 10.2. The molecule has 2 heterocycles. The number of rotatable bonds is 7. The molecule has 30 heavy (non-hydrogen) atoms. The fourth-order valence-electron chi connectivity index (χ4n) is 3.31. The zero-order valence-electron chi connectivity index (χ0n) is 16.5. The SMILES string of the molecule is O=C(CCCc1nc(-c2ccccc2Cl)no1)Nc1ccc(N2CCOCC2)cc1. The molecular weight excluding hydrogens is 404 g/mol. The first-order chi connectivity index (χ1) is 14.7. The van der Waals surface area contributed by atoms with Crippen LogP contribution in [-0.4, -0.2) is 42.4 Å². The van der Waals surface area contributed by atoms with Crippen molar-refractivity contribution < 1.29 is 14.1 Å². The first-order valence-corrected chi connectivity index (χ1v) is 10.4. The van der Waals surface area contributed by atoms with Gasteiger partial charge in [0.05, 0.1) is 18.2 Å². The fraction of sp³-hybridized carbons (Fsp3) is 0.318. The molecule has 0 unspecified atom stereocenters. The van der Waals surface area contributed by atoms with Crippen molar-refractivity contribution in [3.8, 4) is 11.4 Å². The van der Waals surface area contributed by atoms with Crippen molar-refractivity contribution in [2.45, 2.75) is 19.3 Å². The predicted octanol–water partition coefficient (Wildman–Crippen LogP) is 4.19. The summed E-state index contributed by atoms with van der Waals surface area (Å²) in [6.45, 7) is 3.27. The number of benzene rings is 2. The molecule has 1 saturated heterocycles. The Balaban J connectivity index is 1.24. The number of halogens is 1. The highest BCUT2D eigenvalue weighted by Gasteiger charge is 2.13. The third-order valence-electron chi connectivity index (χ3n) is 4.90. The van der Waals surface area contributed by atoms with E-state index in [9.17, 15) is 4.79 Å². The van der Waals surface area contributed by atoms with E-state index >= 15 is 0 Å². The molecule has 2 aromatic carbocycles. The average molecular weight is 427 g/mol. The number of morpholine rings is 1. The van der Waals surface area contributed by atoms with Crippen molar-refractivity contribution in [3.63, 3.8) is 0 Å². The van der Waals surface area contributed by atoms with Gasteiger partial charge in [0, 0.05) is 42.9 Å². The first-order valence-electron chi connectivity index (χ1n) is 9.99. The van der Waals surface area contributed by atoms with Crippen LogP contribution in [0.15, 0.2) is 53.1 Å². The third kappa shape index (κ3) is 5.17. The van der Waals surface area contributed by atoms with Crippen LogP contribution in [0.3, 0.4) is 0 Å². The topological polar surface area (TPSA) is 80.5 Å². The molecule has 1 aliphatic heterocycles. The molecule has 3 aromatic rings. The van der Waals surface area contributed by atoms with Crippen LogP contribution in [0.2, 0.25) is 5.02 Å². The van der Waals surface area contributed by atoms with E-state index in [1.165, 1.54) is 0 Å². The lowest BCUT2D eigenvalue weighted by Crippen LogP contribution is -2.36. The molecule has 0 atom stereocenters. The summed E-state index contributed by atoms with van der Waals surface area (Å²) < 4.78 is 10.7. The smallest absolute Gasteiger partial charge is 0.226 e. The van der Waals surface area contributed by atoms with E-state index in [-0.39, 0.29) is 5.91 Å². The molecule has 1 amide bonds. The van der Waals surface area contributed by atoms with Gasteiger partial charge in [-0.25, -0.2) is 0 Å². The highest BCUT2D eigenvalue weighted by Crippen LogP contribution is 2.25. The molecule has 156 valence electrons. The molecule has 4 rings (SSSR count). The maximum absolute atomic E-state index is 12.2. The van der Waals surface area contributed by atoms with E-state index < -0.39 is 0 Å². The second-order valence-electron chi connectivity index (χ2n) is 7.04. The van der Waals surface area contributed by atoms with Gasteiger partial charge in [0.25, 0.3) is 0 Å². The summed E-state index contributed by atoms with van der Waals surface area (Å²) >= 11 is 6.16. The Morgan fingerprint density at radius 3 is 2.63 bits per heavy atom. The summed E-state index contributed by atoms with van der Waals surface area (Å²) in [6.07, 6.45) is 1.51. The summed E-state index contributed by atoms with van der Waals surface area (Å²) in [7, 11) is 0. The minimum atomic E-state index is -0.0417. The lowest BCUT2D eigenvalue weighted by Gasteiger charge is -2.28. The normalized spacial score (nSPS) is 14.0. The van der Waals surface area contributed by atoms with Gasteiger partial charge >= 0.3 is 0 Å². The number of hydrogen-bond acceptors (Lipinski definition) is 6. The Labute approximate surface area is 180 Å². The second kappa shape index (κ2) is 9.73. The molecule has 0 bridgehead atoms. The molecule has 1 aliphatic rings. The number of aromatic nitrogens is 2. The first kappa shape index (κ1) is 20.4. The molecule has 8 heteroatoms. The highest BCUT2D eigenvalue weighted by atomic mass is 35.5. The summed E-state index contributed by atoms with van der Waals surface area (Å²) in [5, 5.41) is 7.48. The van der Waals surface area contributed by atoms with Crippen LogP contribution in [0.25, 0.3) is 11.4 Å². The summed E-state index contributed by atoms with van der Waals surface area (Å²) in [4.78, 5) is 18.9. The minimum absolute atomic E-state index is 0.0417. The largest absolute Gasteiger partial charge is 0.378 e. The van der Waals surface area contributed by atoms with Crippen LogP contribution in [0.4, 0.5) is 11.4 Å². The van der Waals surface area contributed by atoms with E-state index in [0.29, 0.717) is 36.0 Å². The van der Waals surface area contributed by atoms with Crippen LogP contribution in [0.1, 0.15) is 18.7 Å². The predicted molar refractivity (Wildman–Crippen MR) is 116 cm³/mol. The van der Waals surface area contributed by atoms with Crippen molar-refractivity contribution >= 4 is 28.9 Å². The maximum Gasteiger partial charge on any atom is 0.226 e. The van der Waals surface area contributed by atoms with E-state index in [4.69, 9.17) is 20.9 Å². The van der Waals surface area contributed by atoms with Crippen molar-refractivity contribution in [2.24, 2.45) is 0 Å². The van der Waals surface area contributed by atoms with Crippen LogP contribution < -0.4 is 10.2 Å². The summed E-state index contributed by atoms with van der Waals surface area (Å²) in [5.74, 6) is 0.910. The molecule has 1 N–H and O–H groups in total. The Morgan fingerprint density at radius 2 is 1.87 bits per heavy atom. The van der Waals surface area contributed by atoms with Crippen molar-refractivity contribution in [2.75, 3.05) is 36.5 Å². The van der Waals surface area contributed by atoms with Crippen molar-refractivity contribution in [3.05, 3.63) is 59.4 Å². The van der Waals surface area contributed by atoms with E-state index in [1.54, 1.807) is 6.07 Å². The second-order valence-corrected chi connectivity index (χ2v) is 7.45. The number of amides is 1. The molecule has 1 aromatic heterocycles. The highest BCUT2D eigenvalue weighted by molar-refractivity contribution is 6.33. The number of aryl methyl sites for hydroxylation is 1. The van der Waals surface area contributed by atoms with Gasteiger partial charge in [-0.2, -0.15) is 4.98 Å². The van der Waals surface area contributed by atoms with Gasteiger partial charge in [-0.05, 0) is 42.8 Å². The molecule has 7 nitrogen and oxygen atoms in total. The standard InChI is InChI=1S/C22H23ClN4O3/c23-19-5-2-1-4-18(19)22-25-21(30-26-22)7-3-6-20(28)24-16-8-10-17(11-9-16)27-12-14-29-15-13-27/h1-2,4-5,8-11H,3,6-7,12-15H2,(H,24,28). The number of ether oxygens (including phenoxy) is 1. The zero-order chi connectivity index (χ0) is 20.8. The van der Waals surface area contributed by atoms with Gasteiger partial charge < -0.3 is 19.5 Å². The fourth-order valence-corrected chi connectivity index (χ4v) is 3.53. The van der Waals surface area contributed by atoms with Gasteiger partial charge in [0.2, 0.25) is 17.6 Å². The summed E-state index contributed by atoms with van der Waals surface area (Å²) in [6, 6.07) is 15.2. The van der Waals surface area contributed by atoms with Gasteiger partial charge in [0.15, 0.2) is 0 Å². The van der Waals surface area contributed by atoms with E-state index in [2.05, 4.69) is 20.4 Å². The van der Waals surface area contributed by atoms with Crippen LogP contribution >= 0.6 is 11.6 Å². The molecule has 1 fully saturated rings. The summed E-state index contributed by atoms with van der Waals surface area (Å²) in [5.41, 5.74) is 2.66. The number of nitrogens with one attached hydrogen (secondary N) is 1. The van der Waals surface area contributed by atoms with Gasteiger partial charge in [-0.1, -0.05) is 28.9 Å². The lowest BCUT2D eigenvalue weighted by molar-refractivity contribution is -0.116. The Bertz CT molecular complexity index is 984. The van der Waals surface area contributed by atoms with Gasteiger partial charge in [0.1, 0.15) is 0 Å². The maximum atomic E-state index is 12.2. The number of carbonyl (C=O) groups excluding carboxylic acids is 1. The number of carbonyl (C=O) groups is 1. The zero-order valence-corrected chi connectivity index (χ0v) is 17.3. The van der Waals surface area contributed by atoms with Crippen molar-refractivity contribution in [1.82, 2.24) is 10.1 Å². The minimum Gasteiger partial charge on any atom is -0.378 e. The van der Waals surface area contributed by atoms with Gasteiger partial charge in [-0.15, -0.1) is 0 Å². The number of anilines is 2. The van der Waals surface area contributed by atoms with E-state index in [0.717, 1.165) is 43.2 Å². The average Bonchev–Trinajstić information content (AvgIpc) is 3.24. The molecular formula is C22H23ClN4O3. The van der Waals surface area contributed by atoms with E-state index in [1.807, 2.05) is 42.5 Å².